The molecular formula is C7H7AlCl2. The average molecular weight is 189 g/mol. The third-order valence-electron chi connectivity index (χ3n) is 1.33. The van der Waals surface area contributed by atoms with Gasteiger partial charge in [0.15, 0.2) is 0 Å². The summed E-state index contributed by atoms with van der Waals surface area (Å²) in [6.45, 7) is 0. The van der Waals surface area contributed by atoms with Crippen molar-refractivity contribution in [3.63, 3.8) is 0 Å². The fourth-order valence-corrected chi connectivity index (χ4v) is 2.03. The summed E-state index contributed by atoms with van der Waals surface area (Å²) in [4.78, 5) is 0. The molecule has 3 heteroatoms. The summed E-state index contributed by atoms with van der Waals surface area (Å²) in [6.07, 6.45) is 0. The van der Waals surface area contributed by atoms with Gasteiger partial charge in [-0.1, -0.05) is 29.8 Å². The van der Waals surface area contributed by atoms with Crippen LogP contribution in [0.1, 0.15) is 9.80 Å². The van der Waals surface area contributed by atoms with Gasteiger partial charge in [0.2, 0.25) is 16.3 Å². The van der Waals surface area contributed by atoms with Crippen molar-refractivity contribution in [2.24, 2.45) is 0 Å². The van der Waals surface area contributed by atoms with Gasteiger partial charge < -0.3 is 0 Å². The highest BCUT2D eigenvalue weighted by Gasteiger charge is 2.03. The van der Waals surface area contributed by atoms with Crippen LogP contribution in [0.4, 0.5) is 0 Å². The molecule has 1 atom stereocenters. The Balaban J connectivity index is 3.03. The Labute approximate surface area is 78.6 Å². The van der Waals surface area contributed by atoms with E-state index in [1.807, 2.05) is 24.3 Å². The molecule has 0 bridgehead atoms. The van der Waals surface area contributed by atoms with Crippen molar-refractivity contribution in [2.45, 2.75) is 4.24 Å². The summed E-state index contributed by atoms with van der Waals surface area (Å²) in [5.74, 6) is 0. The first-order chi connectivity index (χ1) is 4.72. The Bertz CT molecular complexity index is 223. The van der Waals surface area contributed by atoms with Gasteiger partial charge in [0, 0.05) is 9.26 Å². The fraction of sp³-hybridized carbons (Fsp3) is 0.143. The molecule has 0 aliphatic heterocycles. The van der Waals surface area contributed by atoms with Crippen LogP contribution in [0.3, 0.4) is 0 Å². The maximum atomic E-state index is 5.89. The molecule has 0 aliphatic carbocycles. The Morgan fingerprint density at radius 3 is 2.30 bits per heavy atom. The monoisotopic (exact) mass is 188 g/mol. The van der Waals surface area contributed by atoms with Crippen molar-refractivity contribution in [3.05, 3.63) is 34.9 Å². The molecular weight excluding hydrogens is 182 g/mol. The van der Waals surface area contributed by atoms with E-state index in [2.05, 4.69) is 0 Å². The standard InChI is InChI=1S/C7H5Cl2.Al.2H/c8-5-6-3-1-2-4-7(6)9;;;/h1-5H;;;. The van der Waals surface area contributed by atoms with E-state index in [9.17, 15) is 0 Å². The molecule has 10 heavy (non-hydrogen) atoms. The van der Waals surface area contributed by atoms with Crippen LogP contribution < -0.4 is 0 Å². The Morgan fingerprint density at radius 1 is 1.30 bits per heavy atom. The Kier molecular flexibility index (Phi) is 3.07. The second-order valence-corrected chi connectivity index (χ2v) is 5.09. The average Bonchev–Trinajstić information content (AvgIpc) is 1.88. The first kappa shape index (κ1) is 8.43. The third-order valence-corrected chi connectivity index (χ3v) is 2.54. The van der Waals surface area contributed by atoms with E-state index >= 15 is 0 Å². The molecule has 52 valence electrons. The lowest BCUT2D eigenvalue weighted by Crippen LogP contribution is -1.88. The van der Waals surface area contributed by atoms with E-state index in [1.54, 1.807) is 0 Å². The predicted molar refractivity (Wildman–Crippen MR) is 48.6 cm³/mol. The minimum atomic E-state index is 0.133. The summed E-state index contributed by atoms with van der Waals surface area (Å²) in [5, 5.41) is 0.775. The third kappa shape index (κ3) is 1.91. The van der Waals surface area contributed by atoms with Crippen molar-refractivity contribution < 1.29 is 0 Å². The van der Waals surface area contributed by atoms with E-state index in [1.165, 1.54) is 0 Å². The Hall–Kier alpha value is 0.332. The molecule has 0 heterocycles. The lowest BCUT2D eigenvalue weighted by molar-refractivity contribution is 1.35. The number of hydrogen-bond donors (Lipinski definition) is 0. The van der Waals surface area contributed by atoms with Gasteiger partial charge in [-0.2, -0.15) is 0 Å². The smallest absolute Gasteiger partial charge is 0.135 e. The van der Waals surface area contributed by atoms with Crippen LogP contribution in [0.25, 0.3) is 0 Å². The van der Waals surface area contributed by atoms with Crippen molar-refractivity contribution in [2.75, 3.05) is 0 Å². The van der Waals surface area contributed by atoms with Gasteiger partial charge in [0.05, 0.1) is 0 Å². The van der Waals surface area contributed by atoms with Crippen molar-refractivity contribution in [3.8, 4) is 0 Å². The van der Waals surface area contributed by atoms with E-state index in [4.69, 9.17) is 23.2 Å². The normalized spacial score (nSPS) is 13.0. The number of hydrogen-bond acceptors (Lipinski definition) is 0. The number of alkyl halides is 1. The molecule has 1 aromatic carbocycles. The second kappa shape index (κ2) is 3.65. The SMILES string of the molecule is [AlH2][CH](Cl)c1ccccc1Cl. The number of rotatable bonds is 1. The molecule has 0 saturated heterocycles. The molecule has 0 N–H and O–H groups in total. The van der Waals surface area contributed by atoms with Gasteiger partial charge >= 0.3 is 0 Å². The minimum Gasteiger partial charge on any atom is -0.135 e. The highest BCUT2D eigenvalue weighted by molar-refractivity contribution is 6.42. The molecule has 1 rings (SSSR count). The molecule has 1 unspecified atom stereocenters. The zero-order chi connectivity index (χ0) is 7.56. The van der Waals surface area contributed by atoms with Gasteiger partial charge in [-0.15, -0.1) is 11.6 Å². The van der Waals surface area contributed by atoms with Gasteiger partial charge in [0.25, 0.3) is 0 Å². The lowest BCUT2D eigenvalue weighted by Gasteiger charge is -2.03. The molecule has 0 fully saturated rings. The van der Waals surface area contributed by atoms with E-state index in [0.29, 0.717) is 0 Å². The van der Waals surface area contributed by atoms with Gasteiger partial charge in [-0.25, -0.2) is 0 Å². The molecule has 0 nitrogen and oxygen atoms in total. The van der Waals surface area contributed by atoms with Crippen LogP contribution in [-0.4, -0.2) is 16.3 Å². The number of benzene rings is 1. The zero-order valence-corrected chi connectivity index (χ0v) is 9.15. The zero-order valence-electron chi connectivity index (χ0n) is 5.64. The number of halogens is 2. The summed E-state index contributed by atoms with van der Waals surface area (Å²) in [7, 11) is 0. The summed E-state index contributed by atoms with van der Waals surface area (Å²) >= 11 is 12.7. The highest BCUT2D eigenvalue weighted by atomic mass is 35.5. The molecule has 0 saturated carbocycles. The maximum absolute atomic E-state index is 5.89. The summed E-state index contributed by atoms with van der Waals surface area (Å²) in [5.41, 5.74) is 1.05. The van der Waals surface area contributed by atoms with Crippen molar-refractivity contribution in [1.29, 1.82) is 0 Å². The van der Waals surface area contributed by atoms with Gasteiger partial charge in [0.1, 0.15) is 0 Å². The van der Waals surface area contributed by atoms with E-state index < -0.39 is 0 Å². The van der Waals surface area contributed by atoms with Crippen molar-refractivity contribution >= 4 is 39.5 Å². The Morgan fingerprint density at radius 2 is 1.90 bits per heavy atom. The highest BCUT2D eigenvalue weighted by Crippen LogP contribution is 2.24. The molecule has 0 aliphatic rings. The first-order valence-corrected chi connectivity index (χ1v) is 5.07. The van der Waals surface area contributed by atoms with Crippen LogP contribution in [-0.2, 0) is 0 Å². The largest absolute Gasteiger partial charge is 0.248 e. The molecule has 0 amide bonds. The van der Waals surface area contributed by atoms with Crippen LogP contribution >= 0.6 is 23.2 Å². The lowest BCUT2D eigenvalue weighted by atomic mass is 10.2. The summed E-state index contributed by atoms with van der Waals surface area (Å²) in [6, 6.07) is 7.69. The second-order valence-electron chi connectivity index (χ2n) is 2.14. The van der Waals surface area contributed by atoms with Crippen LogP contribution in [0.5, 0.6) is 0 Å². The quantitative estimate of drug-likeness (QED) is 0.469. The van der Waals surface area contributed by atoms with Crippen LogP contribution in [0.2, 0.25) is 5.02 Å². The van der Waals surface area contributed by atoms with Crippen LogP contribution in [0.15, 0.2) is 24.3 Å². The minimum absolute atomic E-state index is 0.133. The van der Waals surface area contributed by atoms with E-state index in [-0.39, 0.29) is 4.24 Å². The van der Waals surface area contributed by atoms with E-state index in [0.717, 1.165) is 26.9 Å². The molecule has 0 radical (unpaired) electrons. The molecule has 0 aromatic heterocycles. The molecule has 1 aromatic rings. The van der Waals surface area contributed by atoms with Crippen molar-refractivity contribution in [1.82, 2.24) is 0 Å². The van der Waals surface area contributed by atoms with Crippen LogP contribution in [0, 0.1) is 0 Å². The topological polar surface area (TPSA) is 0 Å². The summed E-state index contributed by atoms with van der Waals surface area (Å²) < 4.78 is 0.133. The maximum Gasteiger partial charge on any atom is 0.248 e. The van der Waals surface area contributed by atoms with Gasteiger partial charge in [-0.05, 0) is 11.6 Å². The predicted octanol–water partition coefficient (Wildman–Crippen LogP) is 2.21. The fourth-order valence-electron chi connectivity index (χ4n) is 0.798. The molecule has 0 spiro atoms. The van der Waals surface area contributed by atoms with Gasteiger partial charge in [-0.3, -0.25) is 0 Å². The first-order valence-electron chi connectivity index (χ1n) is 3.10.